The number of esters is 1. The number of benzene rings is 1. The van der Waals surface area contributed by atoms with Crippen LogP contribution in [0.15, 0.2) is 30.3 Å². The number of carbonyl (C=O) groups excluding carboxylic acids is 2. The Kier molecular flexibility index (Phi) is 6.85. The molecule has 130 valence electrons. The number of hydrogen-bond donors (Lipinski definition) is 0. The minimum Gasteiger partial charge on any atom is -0.496 e. The highest BCUT2D eigenvalue weighted by atomic mass is 16.5. The van der Waals surface area contributed by atoms with Crippen LogP contribution in [-0.4, -0.2) is 43.6 Å². The first kappa shape index (κ1) is 18.0. The summed E-state index contributed by atoms with van der Waals surface area (Å²) < 4.78 is 10.3. The van der Waals surface area contributed by atoms with Gasteiger partial charge in [-0.05, 0) is 25.0 Å². The van der Waals surface area contributed by atoms with Crippen molar-refractivity contribution in [3.63, 3.8) is 0 Å². The van der Waals surface area contributed by atoms with Crippen molar-refractivity contribution < 1.29 is 19.1 Å². The lowest BCUT2D eigenvalue weighted by Crippen LogP contribution is -2.40. The van der Waals surface area contributed by atoms with Gasteiger partial charge in [0.15, 0.2) is 6.61 Å². The third-order valence-corrected chi connectivity index (χ3v) is 4.39. The fraction of sp³-hybridized carbons (Fsp3) is 0.474. The Bertz CT molecular complexity index is 591. The minimum absolute atomic E-state index is 0.152. The smallest absolute Gasteiger partial charge is 0.331 e. The molecule has 1 aliphatic carbocycles. The Morgan fingerprint density at radius 3 is 2.62 bits per heavy atom. The quantitative estimate of drug-likeness (QED) is 0.594. The number of ether oxygens (including phenoxy) is 2. The second kappa shape index (κ2) is 9.11. The molecule has 0 heterocycles. The van der Waals surface area contributed by atoms with E-state index < -0.39 is 5.97 Å². The predicted molar refractivity (Wildman–Crippen MR) is 92.6 cm³/mol. The summed E-state index contributed by atoms with van der Waals surface area (Å²) in [5.74, 6) is -0.0121. The van der Waals surface area contributed by atoms with Gasteiger partial charge in [0.2, 0.25) is 0 Å². The lowest BCUT2D eigenvalue weighted by Gasteiger charge is -2.31. The van der Waals surface area contributed by atoms with Crippen molar-refractivity contribution in [2.75, 3.05) is 20.8 Å². The van der Waals surface area contributed by atoms with E-state index in [1.54, 1.807) is 25.1 Å². The maximum atomic E-state index is 12.1. The van der Waals surface area contributed by atoms with Crippen LogP contribution in [0.4, 0.5) is 0 Å². The van der Waals surface area contributed by atoms with E-state index in [1.807, 2.05) is 24.3 Å². The van der Waals surface area contributed by atoms with Crippen molar-refractivity contribution in [2.24, 2.45) is 0 Å². The maximum absolute atomic E-state index is 12.1. The molecular weight excluding hydrogens is 306 g/mol. The Morgan fingerprint density at radius 2 is 1.92 bits per heavy atom. The first-order chi connectivity index (χ1) is 11.6. The fourth-order valence-electron chi connectivity index (χ4n) is 2.92. The van der Waals surface area contributed by atoms with E-state index in [-0.39, 0.29) is 18.6 Å². The lowest BCUT2D eigenvalue weighted by molar-refractivity contribution is -0.148. The van der Waals surface area contributed by atoms with Crippen LogP contribution in [-0.2, 0) is 14.3 Å². The van der Waals surface area contributed by atoms with E-state index >= 15 is 0 Å². The number of hydrogen-bond acceptors (Lipinski definition) is 4. The van der Waals surface area contributed by atoms with Crippen LogP contribution in [0.3, 0.4) is 0 Å². The monoisotopic (exact) mass is 331 g/mol. The van der Waals surface area contributed by atoms with E-state index in [0.29, 0.717) is 5.75 Å². The third-order valence-electron chi connectivity index (χ3n) is 4.39. The highest BCUT2D eigenvalue weighted by Gasteiger charge is 2.22. The van der Waals surface area contributed by atoms with Crippen molar-refractivity contribution >= 4 is 18.0 Å². The Labute approximate surface area is 143 Å². The van der Waals surface area contributed by atoms with Crippen molar-refractivity contribution in [2.45, 2.75) is 38.1 Å². The topological polar surface area (TPSA) is 55.8 Å². The second-order valence-electron chi connectivity index (χ2n) is 5.98. The molecule has 0 spiro atoms. The van der Waals surface area contributed by atoms with Gasteiger partial charge < -0.3 is 14.4 Å². The molecule has 0 atom stereocenters. The van der Waals surface area contributed by atoms with Crippen molar-refractivity contribution in [1.29, 1.82) is 0 Å². The number of carbonyl (C=O) groups is 2. The van der Waals surface area contributed by atoms with Crippen LogP contribution < -0.4 is 4.74 Å². The van der Waals surface area contributed by atoms with E-state index in [1.165, 1.54) is 12.5 Å². The van der Waals surface area contributed by atoms with Gasteiger partial charge in [-0.1, -0.05) is 37.5 Å². The number of rotatable bonds is 6. The summed E-state index contributed by atoms with van der Waals surface area (Å²) in [7, 11) is 3.36. The summed E-state index contributed by atoms with van der Waals surface area (Å²) in [5.41, 5.74) is 0.780. The molecule has 0 aliphatic heterocycles. The molecule has 5 heteroatoms. The van der Waals surface area contributed by atoms with Crippen LogP contribution in [0.5, 0.6) is 5.75 Å². The standard InChI is InChI=1S/C19H25NO4/c1-20(16-9-4-3-5-10-16)18(21)14-24-19(22)13-12-15-8-6-7-11-17(15)23-2/h6-8,11-13,16H,3-5,9-10,14H2,1-2H3. The van der Waals surface area contributed by atoms with Crippen LogP contribution >= 0.6 is 0 Å². The number of likely N-dealkylation sites (N-methyl/N-ethyl adjacent to an activating group) is 1. The van der Waals surface area contributed by atoms with Crippen LogP contribution in [0, 0.1) is 0 Å². The number of nitrogens with zero attached hydrogens (tertiary/aromatic N) is 1. The molecule has 0 saturated heterocycles. The highest BCUT2D eigenvalue weighted by molar-refractivity contribution is 5.89. The average molecular weight is 331 g/mol. The molecule has 1 saturated carbocycles. The average Bonchev–Trinajstić information content (AvgIpc) is 2.64. The number of amides is 1. The zero-order valence-electron chi connectivity index (χ0n) is 14.4. The van der Waals surface area contributed by atoms with Crippen molar-refractivity contribution in [3.05, 3.63) is 35.9 Å². The van der Waals surface area contributed by atoms with Gasteiger partial charge in [0.25, 0.3) is 5.91 Å². The normalized spacial score (nSPS) is 15.2. The first-order valence-corrected chi connectivity index (χ1v) is 8.35. The molecule has 1 fully saturated rings. The van der Waals surface area contributed by atoms with Gasteiger partial charge in [0.05, 0.1) is 7.11 Å². The molecule has 0 bridgehead atoms. The zero-order chi connectivity index (χ0) is 17.4. The Morgan fingerprint density at radius 1 is 1.21 bits per heavy atom. The molecule has 5 nitrogen and oxygen atoms in total. The molecule has 0 N–H and O–H groups in total. The third kappa shape index (κ3) is 5.11. The molecule has 2 rings (SSSR count). The molecule has 0 radical (unpaired) electrons. The number of methoxy groups -OCH3 is 1. The molecule has 1 aromatic carbocycles. The van der Waals surface area contributed by atoms with E-state index in [0.717, 1.165) is 31.2 Å². The van der Waals surface area contributed by atoms with E-state index in [9.17, 15) is 9.59 Å². The molecule has 0 unspecified atom stereocenters. The molecule has 1 amide bonds. The molecular formula is C19H25NO4. The van der Waals surface area contributed by atoms with Gasteiger partial charge in [-0.3, -0.25) is 4.79 Å². The van der Waals surface area contributed by atoms with Crippen LogP contribution in [0.25, 0.3) is 6.08 Å². The summed E-state index contributed by atoms with van der Waals surface area (Å²) in [4.78, 5) is 25.6. The highest BCUT2D eigenvalue weighted by Crippen LogP contribution is 2.21. The van der Waals surface area contributed by atoms with E-state index in [4.69, 9.17) is 9.47 Å². The van der Waals surface area contributed by atoms with E-state index in [2.05, 4.69) is 0 Å². The molecule has 0 aromatic heterocycles. The van der Waals surface area contributed by atoms with Gasteiger partial charge in [-0.25, -0.2) is 4.79 Å². The summed E-state index contributed by atoms with van der Waals surface area (Å²) in [6.45, 7) is -0.220. The summed E-state index contributed by atoms with van der Waals surface area (Å²) in [6, 6.07) is 7.64. The van der Waals surface area contributed by atoms with Crippen LogP contribution in [0.1, 0.15) is 37.7 Å². The summed E-state index contributed by atoms with van der Waals surface area (Å²) in [5, 5.41) is 0. The van der Waals surface area contributed by atoms with Crippen LogP contribution in [0.2, 0.25) is 0 Å². The SMILES string of the molecule is COc1ccccc1C=CC(=O)OCC(=O)N(C)C1CCCCC1. The Balaban J connectivity index is 1.81. The van der Waals surface area contributed by atoms with Gasteiger partial charge in [-0.2, -0.15) is 0 Å². The number of para-hydroxylation sites is 1. The first-order valence-electron chi connectivity index (χ1n) is 8.35. The lowest BCUT2D eigenvalue weighted by atomic mass is 9.94. The second-order valence-corrected chi connectivity index (χ2v) is 5.98. The van der Waals surface area contributed by atoms with Gasteiger partial charge in [0.1, 0.15) is 5.75 Å². The van der Waals surface area contributed by atoms with Crippen molar-refractivity contribution in [1.82, 2.24) is 4.90 Å². The fourth-order valence-corrected chi connectivity index (χ4v) is 2.92. The predicted octanol–water partition coefficient (Wildman–Crippen LogP) is 3.04. The maximum Gasteiger partial charge on any atom is 0.331 e. The zero-order valence-corrected chi connectivity index (χ0v) is 14.4. The van der Waals surface area contributed by atoms with Gasteiger partial charge >= 0.3 is 5.97 Å². The van der Waals surface area contributed by atoms with Crippen molar-refractivity contribution in [3.8, 4) is 5.75 Å². The Hall–Kier alpha value is -2.30. The van der Waals surface area contributed by atoms with Gasteiger partial charge in [0, 0.05) is 24.7 Å². The summed E-state index contributed by atoms with van der Waals surface area (Å²) in [6.07, 6.45) is 8.55. The van der Waals surface area contributed by atoms with Gasteiger partial charge in [-0.15, -0.1) is 0 Å². The summed E-state index contributed by atoms with van der Waals surface area (Å²) >= 11 is 0. The molecule has 24 heavy (non-hydrogen) atoms. The minimum atomic E-state index is -0.536. The molecule has 1 aromatic rings. The molecule has 1 aliphatic rings. The largest absolute Gasteiger partial charge is 0.496 e.